The standard InChI is InChI=1S/C12H8F2N2O2/c13-7-3-1-2-6(10(7)14)9-5-4-8(15)11(16-9)12(17)18/h1-5H,15H2,(H,17,18). The highest BCUT2D eigenvalue weighted by Crippen LogP contribution is 2.24. The molecular weight excluding hydrogens is 242 g/mol. The number of hydrogen-bond donors (Lipinski definition) is 2. The zero-order chi connectivity index (χ0) is 13.3. The summed E-state index contributed by atoms with van der Waals surface area (Å²) in [6, 6.07) is 6.21. The highest BCUT2D eigenvalue weighted by molar-refractivity contribution is 5.92. The Labute approximate surface area is 101 Å². The monoisotopic (exact) mass is 250 g/mol. The second-order valence-electron chi connectivity index (χ2n) is 3.54. The van der Waals surface area contributed by atoms with E-state index < -0.39 is 23.3 Å². The van der Waals surface area contributed by atoms with Gasteiger partial charge in [0.2, 0.25) is 0 Å². The molecule has 0 aliphatic heterocycles. The Bertz CT molecular complexity index is 629. The number of carboxylic acid groups (broad SMARTS) is 1. The van der Waals surface area contributed by atoms with E-state index in [0.717, 1.165) is 6.07 Å². The number of nitrogen functional groups attached to an aromatic ring is 1. The third-order valence-corrected chi connectivity index (χ3v) is 2.36. The van der Waals surface area contributed by atoms with Crippen LogP contribution in [-0.2, 0) is 0 Å². The van der Waals surface area contributed by atoms with Crippen LogP contribution in [0, 0.1) is 11.6 Å². The molecule has 1 heterocycles. The molecule has 0 saturated heterocycles. The second kappa shape index (κ2) is 4.40. The molecule has 3 N–H and O–H groups in total. The van der Waals surface area contributed by atoms with Crippen molar-refractivity contribution < 1.29 is 18.7 Å². The summed E-state index contributed by atoms with van der Waals surface area (Å²) in [5.74, 6) is -3.43. The maximum absolute atomic E-state index is 13.5. The first-order valence-electron chi connectivity index (χ1n) is 4.95. The number of halogens is 2. The number of carboxylic acids is 1. The summed E-state index contributed by atoms with van der Waals surface area (Å²) in [6.07, 6.45) is 0. The van der Waals surface area contributed by atoms with Gasteiger partial charge in [-0.3, -0.25) is 0 Å². The van der Waals surface area contributed by atoms with Gasteiger partial charge in [0.1, 0.15) is 0 Å². The summed E-state index contributed by atoms with van der Waals surface area (Å²) in [6.45, 7) is 0. The molecule has 0 radical (unpaired) electrons. The molecule has 0 fully saturated rings. The number of carbonyl (C=O) groups is 1. The highest BCUT2D eigenvalue weighted by atomic mass is 19.2. The molecule has 6 heteroatoms. The Balaban J connectivity index is 2.62. The first kappa shape index (κ1) is 12.0. The van der Waals surface area contributed by atoms with E-state index in [2.05, 4.69) is 4.98 Å². The zero-order valence-electron chi connectivity index (χ0n) is 9.02. The van der Waals surface area contributed by atoms with Gasteiger partial charge in [-0.1, -0.05) is 6.07 Å². The average molecular weight is 250 g/mol. The van der Waals surface area contributed by atoms with Crippen molar-refractivity contribution in [3.63, 3.8) is 0 Å². The Morgan fingerprint density at radius 3 is 2.61 bits per heavy atom. The van der Waals surface area contributed by atoms with E-state index in [1.54, 1.807) is 0 Å². The number of benzene rings is 1. The van der Waals surface area contributed by atoms with Crippen molar-refractivity contribution in [2.45, 2.75) is 0 Å². The first-order valence-corrected chi connectivity index (χ1v) is 4.95. The number of aromatic nitrogens is 1. The van der Waals surface area contributed by atoms with Gasteiger partial charge in [0.15, 0.2) is 17.3 Å². The Morgan fingerprint density at radius 2 is 1.94 bits per heavy atom. The van der Waals surface area contributed by atoms with Crippen LogP contribution in [0.15, 0.2) is 30.3 Å². The van der Waals surface area contributed by atoms with Crippen molar-refractivity contribution in [3.8, 4) is 11.3 Å². The number of hydrogen-bond acceptors (Lipinski definition) is 3. The first-order chi connectivity index (χ1) is 8.50. The van der Waals surface area contributed by atoms with Crippen molar-refractivity contribution in [2.75, 3.05) is 5.73 Å². The lowest BCUT2D eigenvalue weighted by Gasteiger charge is -2.06. The topological polar surface area (TPSA) is 76.2 Å². The molecular formula is C12H8F2N2O2. The molecule has 0 spiro atoms. The molecule has 92 valence electrons. The lowest BCUT2D eigenvalue weighted by atomic mass is 10.1. The van der Waals surface area contributed by atoms with E-state index in [9.17, 15) is 13.6 Å². The van der Waals surface area contributed by atoms with E-state index in [4.69, 9.17) is 10.8 Å². The fourth-order valence-corrected chi connectivity index (χ4v) is 1.49. The molecule has 0 unspecified atom stereocenters. The Hall–Kier alpha value is -2.50. The molecule has 0 aliphatic carbocycles. The van der Waals surface area contributed by atoms with Gasteiger partial charge in [-0.25, -0.2) is 18.6 Å². The van der Waals surface area contributed by atoms with Crippen molar-refractivity contribution in [2.24, 2.45) is 0 Å². The maximum atomic E-state index is 13.5. The minimum absolute atomic E-state index is 0.0126. The predicted octanol–water partition coefficient (Wildman–Crippen LogP) is 2.31. The molecule has 0 aliphatic rings. The van der Waals surface area contributed by atoms with Crippen molar-refractivity contribution >= 4 is 11.7 Å². The van der Waals surface area contributed by atoms with Crippen LogP contribution in [0.5, 0.6) is 0 Å². The van der Waals surface area contributed by atoms with Gasteiger partial charge in [-0.05, 0) is 24.3 Å². The number of rotatable bonds is 2. The third kappa shape index (κ3) is 2.00. The highest BCUT2D eigenvalue weighted by Gasteiger charge is 2.15. The van der Waals surface area contributed by atoms with Gasteiger partial charge in [0.25, 0.3) is 0 Å². The fraction of sp³-hybridized carbons (Fsp3) is 0. The van der Waals surface area contributed by atoms with Crippen LogP contribution in [0.1, 0.15) is 10.5 Å². The predicted molar refractivity (Wildman–Crippen MR) is 61.0 cm³/mol. The molecule has 18 heavy (non-hydrogen) atoms. The average Bonchev–Trinajstić information content (AvgIpc) is 2.33. The summed E-state index contributed by atoms with van der Waals surface area (Å²) < 4.78 is 26.6. The van der Waals surface area contributed by atoms with E-state index in [-0.39, 0.29) is 16.9 Å². The molecule has 0 bridgehead atoms. The zero-order valence-corrected chi connectivity index (χ0v) is 9.02. The number of nitrogens with two attached hydrogens (primary N) is 1. The lowest BCUT2D eigenvalue weighted by molar-refractivity contribution is 0.0692. The summed E-state index contributed by atoms with van der Waals surface area (Å²) in [5.41, 5.74) is 4.89. The van der Waals surface area contributed by atoms with Gasteiger partial charge in [0, 0.05) is 5.56 Å². The van der Waals surface area contributed by atoms with Gasteiger partial charge in [-0.15, -0.1) is 0 Å². The summed E-state index contributed by atoms with van der Waals surface area (Å²) in [4.78, 5) is 14.6. The van der Waals surface area contributed by atoms with Crippen molar-refractivity contribution in [1.82, 2.24) is 4.98 Å². The van der Waals surface area contributed by atoms with E-state index in [1.807, 2.05) is 0 Å². The molecule has 1 aromatic heterocycles. The van der Waals surface area contributed by atoms with Crippen LogP contribution in [0.25, 0.3) is 11.3 Å². The smallest absolute Gasteiger partial charge is 0.356 e. The molecule has 1 aromatic carbocycles. The van der Waals surface area contributed by atoms with Crippen molar-refractivity contribution in [3.05, 3.63) is 47.7 Å². The molecule has 2 rings (SSSR count). The van der Waals surface area contributed by atoms with Crippen molar-refractivity contribution in [1.29, 1.82) is 0 Å². The Kier molecular flexibility index (Phi) is 2.93. The normalized spacial score (nSPS) is 10.3. The second-order valence-corrected chi connectivity index (χ2v) is 3.54. The largest absolute Gasteiger partial charge is 0.476 e. The van der Waals surface area contributed by atoms with Crippen LogP contribution in [0.4, 0.5) is 14.5 Å². The van der Waals surface area contributed by atoms with E-state index in [1.165, 1.54) is 24.3 Å². The molecule has 2 aromatic rings. The van der Waals surface area contributed by atoms with Crippen LogP contribution in [0.2, 0.25) is 0 Å². The van der Waals surface area contributed by atoms with Gasteiger partial charge in [-0.2, -0.15) is 0 Å². The lowest BCUT2D eigenvalue weighted by Crippen LogP contribution is -2.06. The van der Waals surface area contributed by atoms with Crippen LogP contribution in [0.3, 0.4) is 0 Å². The summed E-state index contributed by atoms with van der Waals surface area (Å²) in [7, 11) is 0. The molecule has 4 nitrogen and oxygen atoms in total. The quantitative estimate of drug-likeness (QED) is 0.857. The number of aromatic carboxylic acids is 1. The number of pyridine rings is 1. The van der Waals surface area contributed by atoms with Crippen LogP contribution >= 0.6 is 0 Å². The molecule has 0 saturated carbocycles. The van der Waals surface area contributed by atoms with Gasteiger partial charge >= 0.3 is 5.97 Å². The fourth-order valence-electron chi connectivity index (χ4n) is 1.49. The van der Waals surface area contributed by atoms with Gasteiger partial charge < -0.3 is 10.8 Å². The van der Waals surface area contributed by atoms with Crippen LogP contribution < -0.4 is 5.73 Å². The maximum Gasteiger partial charge on any atom is 0.356 e. The molecule has 0 amide bonds. The third-order valence-electron chi connectivity index (χ3n) is 2.36. The van der Waals surface area contributed by atoms with Gasteiger partial charge in [0.05, 0.1) is 11.4 Å². The Morgan fingerprint density at radius 1 is 1.22 bits per heavy atom. The number of nitrogens with zero attached hydrogens (tertiary/aromatic N) is 1. The minimum Gasteiger partial charge on any atom is -0.476 e. The summed E-state index contributed by atoms with van der Waals surface area (Å²) in [5, 5.41) is 8.85. The van der Waals surface area contributed by atoms with E-state index >= 15 is 0 Å². The SMILES string of the molecule is Nc1ccc(-c2cccc(F)c2F)nc1C(=O)O. The molecule has 0 atom stereocenters. The van der Waals surface area contributed by atoms with Crippen LogP contribution in [-0.4, -0.2) is 16.1 Å². The number of anilines is 1. The van der Waals surface area contributed by atoms with E-state index in [0.29, 0.717) is 0 Å². The minimum atomic E-state index is -1.33. The summed E-state index contributed by atoms with van der Waals surface area (Å²) >= 11 is 0.